The zero-order valence-electron chi connectivity index (χ0n) is 18.4. The van der Waals surface area contributed by atoms with Crippen molar-refractivity contribution in [3.05, 3.63) is 48.3 Å². The van der Waals surface area contributed by atoms with Crippen LogP contribution in [0.15, 0.2) is 42.5 Å². The molecule has 2 aliphatic rings. The Bertz CT molecular complexity index is 1220. The molecule has 3 heterocycles. The first-order chi connectivity index (χ1) is 15.9. The molecule has 172 valence electrons. The van der Waals surface area contributed by atoms with Gasteiger partial charge in [-0.1, -0.05) is 12.1 Å². The van der Waals surface area contributed by atoms with Crippen molar-refractivity contribution in [1.82, 2.24) is 19.4 Å². The average molecular weight is 452 g/mol. The van der Waals surface area contributed by atoms with Crippen molar-refractivity contribution in [3.63, 3.8) is 0 Å². The van der Waals surface area contributed by atoms with Crippen LogP contribution >= 0.6 is 0 Å². The molecule has 2 amide bonds. The minimum atomic E-state index is -1.04. The standard InChI is InChI=1S/C24H26FN5O3/c1-27-20-6-3-2-5-19(20)26-22(27)17-15-16(8-9-18(17)25)28-11-13-29(14-12-28)23(31)21-7-4-10-30(21)24(32)33/h2-3,5-6,8-9,15,21H,4,7,10-14H2,1H3,(H,32,33)/t21-/m0/s1. The molecule has 33 heavy (non-hydrogen) atoms. The number of nitrogens with zero attached hydrogens (tertiary/aromatic N) is 5. The van der Waals surface area contributed by atoms with Crippen LogP contribution < -0.4 is 4.90 Å². The fourth-order valence-corrected chi connectivity index (χ4v) is 4.92. The Labute approximate surface area is 190 Å². The number of carbonyl (C=O) groups excluding carboxylic acids is 1. The summed E-state index contributed by atoms with van der Waals surface area (Å²) in [6.07, 6.45) is 0.249. The van der Waals surface area contributed by atoms with Gasteiger partial charge in [-0.05, 0) is 43.2 Å². The molecule has 8 nitrogen and oxygen atoms in total. The van der Waals surface area contributed by atoms with Crippen LogP contribution in [-0.4, -0.2) is 75.2 Å². The van der Waals surface area contributed by atoms with E-state index in [9.17, 15) is 19.1 Å². The van der Waals surface area contributed by atoms with Gasteiger partial charge in [-0.15, -0.1) is 0 Å². The molecule has 2 aliphatic heterocycles. The molecule has 0 saturated carbocycles. The number of likely N-dealkylation sites (tertiary alicyclic amines) is 1. The van der Waals surface area contributed by atoms with Crippen LogP contribution in [0.4, 0.5) is 14.9 Å². The molecular formula is C24H26FN5O3. The minimum Gasteiger partial charge on any atom is -0.465 e. The number of para-hydroxylation sites is 2. The number of piperazine rings is 1. The van der Waals surface area contributed by atoms with Crippen LogP contribution in [-0.2, 0) is 11.8 Å². The summed E-state index contributed by atoms with van der Waals surface area (Å²) in [7, 11) is 1.88. The second-order valence-electron chi connectivity index (χ2n) is 8.59. The van der Waals surface area contributed by atoms with E-state index in [-0.39, 0.29) is 11.7 Å². The first-order valence-electron chi connectivity index (χ1n) is 11.2. The Hall–Kier alpha value is -3.62. The van der Waals surface area contributed by atoms with Gasteiger partial charge < -0.3 is 19.5 Å². The number of amides is 2. The van der Waals surface area contributed by atoms with E-state index in [1.165, 1.54) is 11.0 Å². The highest BCUT2D eigenvalue weighted by Gasteiger charge is 2.37. The normalized spacial score (nSPS) is 18.8. The predicted octanol–water partition coefficient (Wildman–Crippen LogP) is 3.17. The van der Waals surface area contributed by atoms with E-state index in [4.69, 9.17) is 0 Å². The molecule has 0 radical (unpaired) electrons. The molecule has 5 rings (SSSR count). The molecule has 0 unspecified atom stereocenters. The topological polar surface area (TPSA) is 81.9 Å². The summed E-state index contributed by atoms with van der Waals surface area (Å²) < 4.78 is 16.7. The fraction of sp³-hybridized carbons (Fsp3) is 0.375. The molecule has 2 saturated heterocycles. The van der Waals surface area contributed by atoms with E-state index >= 15 is 0 Å². The van der Waals surface area contributed by atoms with Crippen molar-refractivity contribution in [2.45, 2.75) is 18.9 Å². The molecule has 9 heteroatoms. The van der Waals surface area contributed by atoms with E-state index < -0.39 is 12.1 Å². The number of imidazole rings is 1. The number of anilines is 1. The summed E-state index contributed by atoms with van der Waals surface area (Å²) in [5, 5.41) is 9.34. The largest absolute Gasteiger partial charge is 0.465 e. The maximum Gasteiger partial charge on any atom is 0.407 e. The van der Waals surface area contributed by atoms with E-state index in [0.29, 0.717) is 57.0 Å². The Morgan fingerprint density at radius 3 is 2.55 bits per heavy atom. The Balaban J connectivity index is 1.33. The zero-order valence-corrected chi connectivity index (χ0v) is 18.4. The highest BCUT2D eigenvalue weighted by Crippen LogP contribution is 2.30. The van der Waals surface area contributed by atoms with E-state index in [2.05, 4.69) is 9.88 Å². The number of halogens is 1. The van der Waals surface area contributed by atoms with Gasteiger partial charge in [-0.25, -0.2) is 14.2 Å². The maximum atomic E-state index is 14.8. The van der Waals surface area contributed by atoms with E-state index in [1.807, 2.05) is 41.9 Å². The minimum absolute atomic E-state index is 0.117. The van der Waals surface area contributed by atoms with Crippen molar-refractivity contribution in [2.24, 2.45) is 7.05 Å². The number of rotatable bonds is 3. The van der Waals surface area contributed by atoms with Crippen LogP contribution in [0.25, 0.3) is 22.4 Å². The lowest BCUT2D eigenvalue weighted by Crippen LogP contribution is -2.54. The Morgan fingerprint density at radius 1 is 1.06 bits per heavy atom. The number of aromatic nitrogens is 2. The van der Waals surface area contributed by atoms with Crippen LogP contribution in [0.5, 0.6) is 0 Å². The molecule has 2 fully saturated rings. The average Bonchev–Trinajstić information content (AvgIpc) is 3.45. The van der Waals surface area contributed by atoms with Crippen LogP contribution in [0.2, 0.25) is 0 Å². The summed E-state index contributed by atoms with van der Waals surface area (Å²) in [5.41, 5.74) is 3.06. The first kappa shape index (κ1) is 21.2. The van der Waals surface area contributed by atoms with Gasteiger partial charge in [0, 0.05) is 45.5 Å². The van der Waals surface area contributed by atoms with E-state index in [1.54, 1.807) is 11.0 Å². The molecule has 1 aromatic heterocycles. The molecule has 0 spiro atoms. The summed E-state index contributed by atoms with van der Waals surface area (Å²) in [6, 6.07) is 12.2. The molecule has 0 bridgehead atoms. The third-order valence-electron chi connectivity index (χ3n) is 6.72. The maximum absolute atomic E-state index is 14.8. The molecule has 1 N–H and O–H groups in total. The molecule has 0 aliphatic carbocycles. The van der Waals surface area contributed by atoms with Gasteiger partial charge in [-0.2, -0.15) is 0 Å². The number of hydrogen-bond acceptors (Lipinski definition) is 4. The predicted molar refractivity (Wildman–Crippen MR) is 123 cm³/mol. The smallest absolute Gasteiger partial charge is 0.407 e. The SMILES string of the molecule is Cn1c(-c2cc(N3CCN(C(=O)[C@@H]4CCCN4C(=O)O)CC3)ccc2F)nc2ccccc21. The van der Waals surface area contributed by atoms with Gasteiger partial charge in [-0.3, -0.25) is 9.69 Å². The third kappa shape index (κ3) is 3.77. The van der Waals surface area contributed by atoms with Crippen molar-refractivity contribution in [3.8, 4) is 11.4 Å². The Morgan fingerprint density at radius 2 is 1.82 bits per heavy atom. The number of aryl methyl sites for hydroxylation is 1. The van der Waals surface area contributed by atoms with Gasteiger partial charge in [0.05, 0.1) is 16.6 Å². The lowest BCUT2D eigenvalue weighted by molar-refractivity contribution is -0.135. The monoisotopic (exact) mass is 451 g/mol. The quantitative estimate of drug-likeness (QED) is 0.662. The Kier molecular flexibility index (Phi) is 5.39. The summed E-state index contributed by atoms with van der Waals surface area (Å²) >= 11 is 0. The first-order valence-corrected chi connectivity index (χ1v) is 11.2. The van der Waals surface area contributed by atoms with Crippen molar-refractivity contribution in [2.75, 3.05) is 37.6 Å². The fourth-order valence-electron chi connectivity index (χ4n) is 4.92. The van der Waals surface area contributed by atoms with Crippen molar-refractivity contribution >= 4 is 28.7 Å². The highest BCUT2D eigenvalue weighted by atomic mass is 19.1. The summed E-state index contributed by atoms with van der Waals surface area (Å²) in [5.74, 6) is 0.120. The molecule has 3 aromatic rings. The van der Waals surface area contributed by atoms with Crippen LogP contribution in [0, 0.1) is 5.82 Å². The number of carboxylic acid groups (broad SMARTS) is 1. The van der Waals surface area contributed by atoms with Gasteiger partial charge in [0.25, 0.3) is 0 Å². The van der Waals surface area contributed by atoms with Gasteiger partial charge >= 0.3 is 6.09 Å². The lowest BCUT2D eigenvalue weighted by Gasteiger charge is -2.38. The van der Waals surface area contributed by atoms with E-state index in [0.717, 1.165) is 16.7 Å². The van der Waals surface area contributed by atoms with Crippen LogP contribution in [0.3, 0.4) is 0 Å². The highest BCUT2D eigenvalue weighted by molar-refractivity contribution is 5.86. The zero-order chi connectivity index (χ0) is 23.1. The summed E-state index contributed by atoms with van der Waals surface area (Å²) in [6.45, 7) is 2.61. The van der Waals surface area contributed by atoms with Crippen LogP contribution in [0.1, 0.15) is 12.8 Å². The third-order valence-corrected chi connectivity index (χ3v) is 6.72. The second kappa shape index (κ2) is 8.38. The molecular weight excluding hydrogens is 425 g/mol. The van der Waals surface area contributed by atoms with Crippen molar-refractivity contribution in [1.29, 1.82) is 0 Å². The number of carbonyl (C=O) groups is 2. The number of benzene rings is 2. The van der Waals surface area contributed by atoms with Gasteiger partial charge in [0.1, 0.15) is 17.7 Å². The lowest BCUT2D eigenvalue weighted by atomic mass is 10.1. The molecule has 1 atom stereocenters. The van der Waals surface area contributed by atoms with Gasteiger partial charge in [0.15, 0.2) is 0 Å². The number of hydrogen-bond donors (Lipinski definition) is 1. The van der Waals surface area contributed by atoms with Crippen molar-refractivity contribution < 1.29 is 19.1 Å². The summed E-state index contributed by atoms with van der Waals surface area (Å²) in [4.78, 5) is 34.1. The second-order valence-corrected chi connectivity index (χ2v) is 8.59. The number of fused-ring (bicyclic) bond motifs is 1. The van der Waals surface area contributed by atoms with Gasteiger partial charge in [0.2, 0.25) is 5.91 Å². The molecule has 2 aromatic carbocycles.